The molecule has 1 heterocycles. The third-order valence-electron chi connectivity index (χ3n) is 1.33. The summed E-state index contributed by atoms with van der Waals surface area (Å²) in [5.41, 5.74) is 2.02. The van der Waals surface area contributed by atoms with E-state index in [-0.39, 0.29) is 6.61 Å². The molecular formula is C9H11NO. The summed E-state index contributed by atoms with van der Waals surface area (Å²) in [6, 6.07) is 3.91. The number of nitrogens with zero attached hydrogens (tertiary/aromatic N) is 1. The van der Waals surface area contributed by atoms with Gasteiger partial charge in [-0.25, -0.2) is 0 Å². The standard InChI is InChI=1S/C9H11NO/c1-8-4-5-9(10-7-8)3-2-6-11/h2-5,7,11H,6H2,1H3/b3-2+. The number of aliphatic hydroxyl groups excluding tert-OH is 1. The third-order valence-corrected chi connectivity index (χ3v) is 1.33. The SMILES string of the molecule is Cc1ccc(/C=C/CO)nc1. The average Bonchev–Trinajstić information content (AvgIpc) is 2.04. The molecule has 0 aliphatic heterocycles. The smallest absolute Gasteiger partial charge is 0.0627 e. The number of aliphatic hydroxyl groups is 1. The van der Waals surface area contributed by atoms with E-state index < -0.39 is 0 Å². The summed E-state index contributed by atoms with van der Waals surface area (Å²) in [6.07, 6.45) is 5.26. The number of aryl methyl sites for hydroxylation is 1. The van der Waals surface area contributed by atoms with Crippen LogP contribution < -0.4 is 0 Å². The van der Waals surface area contributed by atoms with Crippen LogP contribution in [0, 0.1) is 6.92 Å². The van der Waals surface area contributed by atoms with Gasteiger partial charge in [0.2, 0.25) is 0 Å². The van der Waals surface area contributed by atoms with Gasteiger partial charge in [-0.2, -0.15) is 0 Å². The molecule has 0 saturated carbocycles. The van der Waals surface area contributed by atoms with Crippen molar-refractivity contribution in [2.24, 2.45) is 0 Å². The predicted molar refractivity (Wildman–Crippen MR) is 45.1 cm³/mol. The summed E-state index contributed by atoms with van der Waals surface area (Å²) in [7, 11) is 0. The van der Waals surface area contributed by atoms with Crippen molar-refractivity contribution in [3.8, 4) is 0 Å². The van der Waals surface area contributed by atoms with Gasteiger partial charge in [0.05, 0.1) is 12.3 Å². The third kappa shape index (κ3) is 2.51. The van der Waals surface area contributed by atoms with Crippen LogP contribution in [0.15, 0.2) is 24.4 Å². The van der Waals surface area contributed by atoms with Gasteiger partial charge in [-0.15, -0.1) is 0 Å². The lowest BCUT2D eigenvalue weighted by atomic mass is 10.2. The number of aromatic nitrogens is 1. The van der Waals surface area contributed by atoms with Crippen LogP contribution in [0.3, 0.4) is 0 Å². The van der Waals surface area contributed by atoms with Gasteiger partial charge in [-0.3, -0.25) is 4.98 Å². The zero-order chi connectivity index (χ0) is 8.10. The van der Waals surface area contributed by atoms with E-state index in [9.17, 15) is 0 Å². The van der Waals surface area contributed by atoms with Crippen molar-refractivity contribution < 1.29 is 5.11 Å². The number of pyridine rings is 1. The maximum Gasteiger partial charge on any atom is 0.0627 e. The maximum atomic E-state index is 8.47. The Morgan fingerprint density at radius 1 is 1.55 bits per heavy atom. The van der Waals surface area contributed by atoms with E-state index >= 15 is 0 Å². The first-order valence-electron chi connectivity index (χ1n) is 3.53. The van der Waals surface area contributed by atoms with Gasteiger partial charge in [0.25, 0.3) is 0 Å². The largest absolute Gasteiger partial charge is 0.392 e. The maximum absolute atomic E-state index is 8.47. The van der Waals surface area contributed by atoms with E-state index in [4.69, 9.17) is 5.11 Å². The van der Waals surface area contributed by atoms with Gasteiger partial charge in [-0.1, -0.05) is 12.1 Å². The molecule has 0 bridgehead atoms. The molecule has 0 fully saturated rings. The molecular weight excluding hydrogens is 138 g/mol. The summed E-state index contributed by atoms with van der Waals surface area (Å²) < 4.78 is 0. The second kappa shape index (κ2) is 3.88. The highest BCUT2D eigenvalue weighted by Crippen LogP contribution is 1.99. The van der Waals surface area contributed by atoms with Crippen LogP contribution in [0.4, 0.5) is 0 Å². The van der Waals surface area contributed by atoms with Gasteiger partial charge >= 0.3 is 0 Å². The van der Waals surface area contributed by atoms with Crippen LogP contribution in [0.25, 0.3) is 6.08 Å². The number of hydrogen-bond acceptors (Lipinski definition) is 2. The van der Waals surface area contributed by atoms with Crippen molar-refractivity contribution in [2.75, 3.05) is 6.61 Å². The van der Waals surface area contributed by atoms with Gasteiger partial charge < -0.3 is 5.11 Å². The fourth-order valence-electron chi connectivity index (χ4n) is 0.751. The summed E-state index contributed by atoms with van der Waals surface area (Å²) >= 11 is 0. The van der Waals surface area contributed by atoms with E-state index in [1.165, 1.54) is 0 Å². The fraction of sp³-hybridized carbons (Fsp3) is 0.222. The predicted octanol–water partition coefficient (Wildman–Crippen LogP) is 1.40. The van der Waals surface area contributed by atoms with E-state index in [0.717, 1.165) is 11.3 Å². The lowest BCUT2D eigenvalue weighted by Gasteiger charge is -1.92. The second-order valence-corrected chi connectivity index (χ2v) is 2.35. The molecule has 0 spiro atoms. The number of hydrogen-bond donors (Lipinski definition) is 1. The normalized spacial score (nSPS) is 10.7. The first-order valence-corrected chi connectivity index (χ1v) is 3.53. The van der Waals surface area contributed by atoms with Crippen LogP contribution in [0.1, 0.15) is 11.3 Å². The average molecular weight is 149 g/mol. The zero-order valence-corrected chi connectivity index (χ0v) is 6.49. The van der Waals surface area contributed by atoms with Crippen LogP contribution in [0.2, 0.25) is 0 Å². The monoisotopic (exact) mass is 149 g/mol. The molecule has 0 unspecified atom stereocenters. The molecule has 58 valence electrons. The molecule has 2 heteroatoms. The second-order valence-electron chi connectivity index (χ2n) is 2.35. The van der Waals surface area contributed by atoms with E-state index in [1.54, 1.807) is 18.3 Å². The van der Waals surface area contributed by atoms with Crippen LogP contribution in [-0.4, -0.2) is 16.7 Å². The minimum Gasteiger partial charge on any atom is -0.392 e. The highest BCUT2D eigenvalue weighted by atomic mass is 16.2. The van der Waals surface area contributed by atoms with E-state index in [0.29, 0.717) is 0 Å². The molecule has 0 aliphatic rings. The van der Waals surface area contributed by atoms with Crippen molar-refractivity contribution in [1.29, 1.82) is 0 Å². The minimum atomic E-state index is 0.0650. The Labute approximate surface area is 66.2 Å². The summed E-state index contributed by atoms with van der Waals surface area (Å²) in [5, 5.41) is 8.47. The Balaban J connectivity index is 2.73. The molecule has 0 saturated heterocycles. The summed E-state index contributed by atoms with van der Waals surface area (Å²) in [6.45, 7) is 2.06. The first-order chi connectivity index (χ1) is 5.33. The molecule has 0 radical (unpaired) electrons. The molecule has 0 aliphatic carbocycles. The van der Waals surface area contributed by atoms with Gasteiger partial charge in [0.1, 0.15) is 0 Å². The fourth-order valence-corrected chi connectivity index (χ4v) is 0.751. The molecule has 1 rings (SSSR count). The van der Waals surface area contributed by atoms with Crippen LogP contribution in [-0.2, 0) is 0 Å². The molecule has 1 aromatic rings. The minimum absolute atomic E-state index is 0.0650. The van der Waals surface area contributed by atoms with Crippen LogP contribution in [0.5, 0.6) is 0 Å². The van der Waals surface area contributed by atoms with Crippen molar-refractivity contribution in [3.63, 3.8) is 0 Å². The molecule has 1 N–H and O–H groups in total. The van der Waals surface area contributed by atoms with E-state index in [2.05, 4.69) is 4.98 Å². The Morgan fingerprint density at radius 2 is 2.36 bits per heavy atom. The Hall–Kier alpha value is -1.15. The number of rotatable bonds is 2. The highest BCUT2D eigenvalue weighted by molar-refractivity contribution is 5.44. The van der Waals surface area contributed by atoms with Crippen LogP contribution >= 0.6 is 0 Å². The molecule has 0 atom stereocenters. The molecule has 11 heavy (non-hydrogen) atoms. The highest BCUT2D eigenvalue weighted by Gasteiger charge is 1.85. The molecule has 0 aromatic carbocycles. The Morgan fingerprint density at radius 3 is 2.91 bits per heavy atom. The Bertz CT molecular complexity index is 238. The topological polar surface area (TPSA) is 33.1 Å². The lowest BCUT2D eigenvalue weighted by Crippen LogP contribution is -1.81. The summed E-state index contributed by atoms with van der Waals surface area (Å²) in [5.74, 6) is 0. The molecule has 2 nitrogen and oxygen atoms in total. The quantitative estimate of drug-likeness (QED) is 0.689. The van der Waals surface area contributed by atoms with Crippen molar-refractivity contribution in [2.45, 2.75) is 6.92 Å². The molecule has 0 amide bonds. The Kier molecular flexibility index (Phi) is 2.81. The first kappa shape index (κ1) is 7.95. The van der Waals surface area contributed by atoms with Gasteiger partial charge in [0.15, 0.2) is 0 Å². The lowest BCUT2D eigenvalue weighted by molar-refractivity contribution is 0.343. The summed E-state index contributed by atoms with van der Waals surface area (Å²) in [4.78, 5) is 4.12. The van der Waals surface area contributed by atoms with Crippen molar-refractivity contribution >= 4 is 6.08 Å². The van der Waals surface area contributed by atoms with Crippen molar-refractivity contribution in [3.05, 3.63) is 35.7 Å². The van der Waals surface area contributed by atoms with Gasteiger partial charge in [-0.05, 0) is 24.6 Å². The van der Waals surface area contributed by atoms with Crippen molar-refractivity contribution in [1.82, 2.24) is 4.98 Å². The van der Waals surface area contributed by atoms with E-state index in [1.807, 2.05) is 19.1 Å². The van der Waals surface area contributed by atoms with Gasteiger partial charge in [0, 0.05) is 6.20 Å². The molecule has 1 aromatic heterocycles. The zero-order valence-electron chi connectivity index (χ0n) is 6.49.